The summed E-state index contributed by atoms with van der Waals surface area (Å²) in [5.74, 6) is 1.48. The summed E-state index contributed by atoms with van der Waals surface area (Å²) in [5.41, 5.74) is 6.40. The van der Waals surface area contributed by atoms with Crippen molar-refractivity contribution >= 4 is 33.3 Å². The van der Waals surface area contributed by atoms with E-state index in [1.807, 2.05) is 19.2 Å². The van der Waals surface area contributed by atoms with Gasteiger partial charge in [-0.2, -0.15) is 0 Å². The molecule has 144 valence electrons. The van der Waals surface area contributed by atoms with Gasteiger partial charge in [0.25, 0.3) is 5.56 Å². The van der Waals surface area contributed by atoms with Crippen LogP contribution in [0.15, 0.2) is 38.1 Å². The highest BCUT2D eigenvalue weighted by atomic mass is 32.2. The first kappa shape index (κ1) is 19.0. The van der Waals surface area contributed by atoms with Crippen LogP contribution in [0.2, 0.25) is 0 Å². The number of hydrogen-bond acceptors (Lipinski definition) is 6. The van der Waals surface area contributed by atoms with Crippen LogP contribution in [0.25, 0.3) is 21.3 Å². The van der Waals surface area contributed by atoms with Crippen LogP contribution in [-0.2, 0) is 12.8 Å². The number of thiophene rings is 1. The summed E-state index contributed by atoms with van der Waals surface area (Å²) >= 11 is 3.05. The van der Waals surface area contributed by atoms with Crippen LogP contribution in [0.1, 0.15) is 28.1 Å². The SMILES string of the molecule is Cc1ccc(-c2csc3nc(SCc4c(C)noc4C)n(C)c(=O)c23)cc1C. The molecular formula is C21H21N3O2S2. The van der Waals surface area contributed by atoms with E-state index in [4.69, 9.17) is 9.51 Å². The second-order valence-electron chi connectivity index (χ2n) is 6.98. The van der Waals surface area contributed by atoms with Crippen molar-refractivity contribution in [1.82, 2.24) is 14.7 Å². The van der Waals surface area contributed by atoms with Gasteiger partial charge in [0.15, 0.2) is 5.16 Å². The van der Waals surface area contributed by atoms with Gasteiger partial charge in [-0.05, 0) is 44.4 Å². The summed E-state index contributed by atoms with van der Waals surface area (Å²) in [6, 6.07) is 6.31. The summed E-state index contributed by atoms with van der Waals surface area (Å²) in [4.78, 5) is 18.7. The molecule has 0 amide bonds. The third-order valence-corrected chi connectivity index (χ3v) is 7.05. The Hall–Kier alpha value is -2.38. The molecule has 3 heterocycles. The summed E-state index contributed by atoms with van der Waals surface area (Å²) in [6.07, 6.45) is 0. The third-order valence-electron chi connectivity index (χ3n) is 5.12. The molecule has 5 nitrogen and oxygen atoms in total. The molecule has 0 aliphatic carbocycles. The Kier molecular flexibility index (Phi) is 4.89. The van der Waals surface area contributed by atoms with Crippen molar-refractivity contribution in [3.63, 3.8) is 0 Å². The van der Waals surface area contributed by atoms with E-state index in [2.05, 4.69) is 37.2 Å². The topological polar surface area (TPSA) is 60.9 Å². The van der Waals surface area contributed by atoms with E-state index in [0.717, 1.165) is 33.0 Å². The average Bonchev–Trinajstić information content (AvgIpc) is 3.23. The van der Waals surface area contributed by atoms with Crippen molar-refractivity contribution in [2.75, 3.05) is 0 Å². The minimum atomic E-state index is -0.0132. The Labute approximate surface area is 171 Å². The predicted molar refractivity (Wildman–Crippen MR) is 115 cm³/mol. The average molecular weight is 412 g/mol. The summed E-state index contributed by atoms with van der Waals surface area (Å²) in [6.45, 7) is 8.01. The van der Waals surface area contributed by atoms with Gasteiger partial charge in [-0.15, -0.1) is 11.3 Å². The Morgan fingerprint density at radius 3 is 2.64 bits per heavy atom. The van der Waals surface area contributed by atoms with Gasteiger partial charge in [0.2, 0.25) is 0 Å². The van der Waals surface area contributed by atoms with Gasteiger partial charge in [0.1, 0.15) is 10.6 Å². The normalized spacial score (nSPS) is 11.5. The molecule has 0 fully saturated rings. The van der Waals surface area contributed by atoms with Crippen molar-refractivity contribution in [2.24, 2.45) is 7.05 Å². The lowest BCUT2D eigenvalue weighted by atomic mass is 10.0. The first-order valence-electron chi connectivity index (χ1n) is 8.97. The Bertz CT molecular complexity index is 1230. The van der Waals surface area contributed by atoms with Crippen LogP contribution in [0.5, 0.6) is 0 Å². The van der Waals surface area contributed by atoms with Crippen molar-refractivity contribution < 1.29 is 4.52 Å². The fourth-order valence-electron chi connectivity index (χ4n) is 3.15. The van der Waals surface area contributed by atoms with Gasteiger partial charge in [-0.3, -0.25) is 9.36 Å². The lowest BCUT2D eigenvalue weighted by molar-refractivity contribution is 0.392. The minimum Gasteiger partial charge on any atom is -0.361 e. The lowest BCUT2D eigenvalue weighted by Gasteiger charge is -2.08. The molecule has 0 aliphatic heterocycles. The van der Waals surface area contributed by atoms with E-state index in [1.165, 1.54) is 34.2 Å². The first-order valence-corrected chi connectivity index (χ1v) is 10.8. The summed E-state index contributed by atoms with van der Waals surface area (Å²) in [7, 11) is 1.78. The maximum absolute atomic E-state index is 13.1. The molecule has 0 N–H and O–H groups in total. The van der Waals surface area contributed by atoms with Crippen molar-refractivity contribution in [3.8, 4) is 11.1 Å². The number of rotatable bonds is 4. The zero-order valence-corrected chi connectivity index (χ0v) is 18.1. The lowest BCUT2D eigenvalue weighted by Crippen LogP contribution is -2.19. The monoisotopic (exact) mass is 411 g/mol. The van der Waals surface area contributed by atoms with Gasteiger partial charge >= 0.3 is 0 Å². The largest absolute Gasteiger partial charge is 0.361 e. The van der Waals surface area contributed by atoms with E-state index in [9.17, 15) is 4.79 Å². The first-order chi connectivity index (χ1) is 13.4. The van der Waals surface area contributed by atoms with Gasteiger partial charge in [-0.1, -0.05) is 35.1 Å². The second kappa shape index (κ2) is 7.22. The molecule has 3 aromatic heterocycles. The molecule has 28 heavy (non-hydrogen) atoms. The maximum atomic E-state index is 13.1. The molecule has 1 aromatic carbocycles. The molecule has 0 spiro atoms. The number of benzene rings is 1. The van der Waals surface area contributed by atoms with Gasteiger partial charge in [-0.25, -0.2) is 4.98 Å². The molecule has 7 heteroatoms. The van der Waals surface area contributed by atoms with Crippen molar-refractivity contribution in [2.45, 2.75) is 38.6 Å². The predicted octanol–water partition coefficient (Wildman–Crippen LogP) is 5.18. The fourth-order valence-corrected chi connectivity index (χ4v) is 5.26. The standard InChI is InChI=1S/C21H21N3O2S2/c1-11-6-7-15(8-12(11)2)17-10-27-19-18(17)20(25)24(5)21(22-19)28-9-16-13(3)23-26-14(16)4/h6-8,10H,9H2,1-5H3. The number of fused-ring (bicyclic) bond motifs is 1. The van der Waals surface area contributed by atoms with Crippen molar-refractivity contribution in [3.05, 3.63) is 62.1 Å². The Balaban J connectivity index is 1.75. The molecule has 0 bridgehead atoms. The highest BCUT2D eigenvalue weighted by Gasteiger charge is 2.17. The number of thioether (sulfide) groups is 1. The molecular weight excluding hydrogens is 390 g/mol. The molecule has 0 saturated heterocycles. The zero-order valence-electron chi connectivity index (χ0n) is 16.5. The zero-order chi connectivity index (χ0) is 20.0. The van der Waals surface area contributed by atoms with Gasteiger partial charge in [0.05, 0.1) is 11.1 Å². The highest BCUT2D eigenvalue weighted by molar-refractivity contribution is 7.98. The van der Waals surface area contributed by atoms with Crippen LogP contribution in [-0.4, -0.2) is 14.7 Å². The maximum Gasteiger partial charge on any atom is 0.263 e. The molecule has 4 aromatic rings. The third kappa shape index (κ3) is 3.18. The van der Waals surface area contributed by atoms with Crippen LogP contribution in [0.3, 0.4) is 0 Å². The highest BCUT2D eigenvalue weighted by Crippen LogP contribution is 2.33. The molecule has 0 unspecified atom stereocenters. The van der Waals surface area contributed by atoms with Crippen LogP contribution in [0.4, 0.5) is 0 Å². The van der Waals surface area contributed by atoms with Crippen LogP contribution in [0, 0.1) is 27.7 Å². The molecule has 4 rings (SSSR count). The number of aromatic nitrogens is 3. The molecule has 0 saturated carbocycles. The summed E-state index contributed by atoms with van der Waals surface area (Å²) in [5, 5.41) is 7.42. The molecule has 0 atom stereocenters. The Morgan fingerprint density at radius 2 is 1.96 bits per heavy atom. The number of nitrogens with zero attached hydrogens (tertiary/aromatic N) is 3. The smallest absolute Gasteiger partial charge is 0.263 e. The fraction of sp³-hybridized carbons (Fsp3) is 0.286. The summed E-state index contributed by atoms with van der Waals surface area (Å²) < 4.78 is 6.87. The number of hydrogen-bond donors (Lipinski definition) is 0. The quantitative estimate of drug-likeness (QED) is 0.342. The van der Waals surface area contributed by atoms with E-state index in [0.29, 0.717) is 16.3 Å². The van der Waals surface area contributed by atoms with E-state index in [-0.39, 0.29) is 5.56 Å². The number of aryl methyl sites for hydroxylation is 4. The van der Waals surface area contributed by atoms with Gasteiger partial charge < -0.3 is 4.52 Å². The van der Waals surface area contributed by atoms with Gasteiger partial charge in [0, 0.05) is 29.3 Å². The van der Waals surface area contributed by atoms with Crippen LogP contribution < -0.4 is 5.56 Å². The van der Waals surface area contributed by atoms with Crippen molar-refractivity contribution in [1.29, 1.82) is 0 Å². The van der Waals surface area contributed by atoms with E-state index < -0.39 is 0 Å². The van der Waals surface area contributed by atoms with E-state index >= 15 is 0 Å². The second-order valence-corrected chi connectivity index (χ2v) is 8.78. The molecule has 0 radical (unpaired) electrons. The van der Waals surface area contributed by atoms with E-state index in [1.54, 1.807) is 11.6 Å². The Morgan fingerprint density at radius 1 is 1.18 bits per heavy atom. The minimum absolute atomic E-state index is 0.0132. The van der Waals surface area contributed by atoms with Crippen LogP contribution >= 0.6 is 23.1 Å². The molecule has 0 aliphatic rings.